The summed E-state index contributed by atoms with van der Waals surface area (Å²) >= 11 is 0. The maximum Gasteiger partial charge on any atom is 0.311 e. The molecule has 1 heterocycles. The fourth-order valence-electron chi connectivity index (χ4n) is 2.50. The molecule has 1 aromatic carbocycles. The quantitative estimate of drug-likeness (QED) is 0.868. The SMILES string of the molecule is CCN(CC)C(=O)CC(C(=O)O)c1ccc2c(c1)OCCO2. The molecule has 1 aliphatic rings. The molecule has 0 bridgehead atoms. The van der Waals surface area contributed by atoms with Crippen LogP contribution in [0.4, 0.5) is 0 Å². The van der Waals surface area contributed by atoms with E-state index >= 15 is 0 Å². The average molecular weight is 307 g/mol. The van der Waals surface area contributed by atoms with Crippen LogP contribution in [0.25, 0.3) is 0 Å². The third-order valence-electron chi connectivity index (χ3n) is 3.76. The minimum Gasteiger partial charge on any atom is -0.486 e. The summed E-state index contributed by atoms with van der Waals surface area (Å²) in [6.45, 7) is 5.82. The summed E-state index contributed by atoms with van der Waals surface area (Å²) < 4.78 is 10.9. The molecular weight excluding hydrogens is 286 g/mol. The van der Waals surface area contributed by atoms with Gasteiger partial charge >= 0.3 is 5.97 Å². The Kier molecular flexibility index (Phi) is 5.25. The number of nitrogens with zero attached hydrogens (tertiary/aromatic N) is 1. The smallest absolute Gasteiger partial charge is 0.311 e. The van der Waals surface area contributed by atoms with Crippen LogP contribution in [0.1, 0.15) is 31.7 Å². The van der Waals surface area contributed by atoms with E-state index < -0.39 is 11.9 Å². The average Bonchev–Trinajstić information content (AvgIpc) is 2.53. The second-order valence-corrected chi connectivity index (χ2v) is 5.06. The minimum atomic E-state index is -1.02. The molecule has 22 heavy (non-hydrogen) atoms. The molecule has 0 saturated carbocycles. The van der Waals surface area contributed by atoms with Crippen LogP contribution in [0.5, 0.6) is 11.5 Å². The Morgan fingerprint density at radius 1 is 1.18 bits per heavy atom. The van der Waals surface area contributed by atoms with Crippen molar-refractivity contribution in [2.45, 2.75) is 26.2 Å². The van der Waals surface area contributed by atoms with E-state index in [1.807, 2.05) is 13.8 Å². The summed E-state index contributed by atoms with van der Waals surface area (Å²) in [5.41, 5.74) is 0.553. The Labute approximate surface area is 129 Å². The third kappa shape index (κ3) is 3.50. The van der Waals surface area contributed by atoms with Crippen LogP contribution >= 0.6 is 0 Å². The monoisotopic (exact) mass is 307 g/mol. The normalized spacial score (nSPS) is 14.3. The Hall–Kier alpha value is -2.24. The molecule has 0 fully saturated rings. The number of rotatable bonds is 6. The van der Waals surface area contributed by atoms with Gasteiger partial charge in [-0.3, -0.25) is 9.59 Å². The summed E-state index contributed by atoms with van der Waals surface area (Å²) in [5.74, 6) is -0.923. The van der Waals surface area contributed by atoms with Crippen LogP contribution in [-0.2, 0) is 9.59 Å². The maximum absolute atomic E-state index is 12.2. The highest BCUT2D eigenvalue weighted by atomic mass is 16.6. The van der Waals surface area contributed by atoms with Gasteiger partial charge in [-0.1, -0.05) is 6.07 Å². The first-order chi connectivity index (χ1) is 10.6. The number of ether oxygens (including phenoxy) is 2. The largest absolute Gasteiger partial charge is 0.486 e. The summed E-state index contributed by atoms with van der Waals surface area (Å²) in [4.78, 5) is 25.4. The molecule has 120 valence electrons. The van der Waals surface area contributed by atoms with Crippen molar-refractivity contribution >= 4 is 11.9 Å². The second-order valence-electron chi connectivity index (χ2n) is 5.06. The fraction of sp³-hybridized carbons (Fsp3) is 0.500. The van der Waals surface area contributed by atoms with E-state index in [0.717, 1.165) is 0 Å². The van der Waals surface area contributed by atoms with Gasteiger partial charge in [-0.05, 0) is 31.5 Å². The summed E-state index contributed by atoms with van der Waals surface area (Å²) in [6.07, 6.45) is -0.0589. The van der Waals surface area contributed by atoms with Gasteiger partial charge in [0.1, 0.15) is 13.2 Å². The zero-order valence-electron chi connectivity index (χ0n) is 12.9. The highest BCUT2D eigenvalue weighted by Gasteiger charge is 2.26. The van der Waals surface area contributed by atoms with Crippen LogP contribution in [0.3, 0.4) is 0 Å². The summed E-state index contributed by atoms with van der Waals surface area (Å²) in [5, 5.41) is 9.46. The number of hydrogen-bond donors (Lipinski definition) is 1. The molecule has 1 N–H and O–H groups in total. The van der Waals surface area contributed by atoms with E-state index in [1.54, 1.807) is 23.1 Å². The van der Waals surface area contributed by atoms with Crippen molar-refractivity contribution in [1.29, 1.82) is 0 Å². The van der Waals surface area contributed by atoms with E-state index in [4.69, 9.17) is 9.47 Å². The van der Waals surface area contributed by atoms with Crippen LogP contribution in [0, 0.1) is 0 Å². The van der Waals surface area contributed by atoms with Gasteiger partial charge in [-0.2, -0.15) is 0 Å². The van der Waals surface area contributed by atoms with Gasteiger partial charge < -0.3 is 19.5 Å². The molecule has 0 saturated heterocycles. The van der Waals surface area contributed by atoms with Crippen LogP contribution in [-0.4, -0.2) is 48.2 Å². The van der Waals surface area contributed by atoms with Crippen molar-refractivity contribution < 1.29 is 24.2 Å². The fourth-order valence-corrected chi connectivity index (χ4v) is 2.50. The molecule has 1 amide bonds. The Balaban J connectivity index is 2.21. The van der Waals surface area contributed by atoms with Crippen LogP contribution < -0.4 is 9.47 Å². The molecule has 6 nitrogen and oxygen atoms in total. The number of fused-ring (bicyclic) bond motifs is 1. The van der Waals surface area contributed by atoms with Crippen molar-refractivity contribution in [2.24, 2.45) is 0 Å². The lowest BCUT2D eigenvalue weighted by atomic mass is 9.94. The van der Waals surface area contributed by atoms with E-state index in [9.17, 15) is 14.7 Å². The first-order valence-electron chi connectivity index (χ1n) is 7.46. The number of hydrogen-bond acceptors (Lipinski definition) is 4. The lowest BCUT2D eigenvalue weighted by Crippen LogP contribution is -2.32. The Bertz CT molecular complexity index is 553. The lowest BCUT2D eigenvalue weighted by molar-refractivity contribution is -0.142. The second kappa shape index (κ2) is 7.15. The Morgan fingerprint density at radius 2 is 1.82 bits per heavy atom. The number of carboxylic acids is 1. The predicted octanol–water partition coefficient (Wildman–Crippen LogP) is 1.88. The standard InChI is InChI=1S/C16H21NO5/c1-3-17(4-2)15(18)10-12(16(19)20)11-5-6-13-14(9-11)22-8-7-21-13/h5-6,9,12H,3-4,7-8,10H2,1-2H3,(H,19,20). The van der Waals surface area contributed by atoms with Gasteiger partial charge in [-0.15, -0.1) is 0 Å². The molecule has 0 aliphatic carbocycles. The number of carbonyl (C=O) groups is 2. The number of amides is 1. The van der Waals surface area contributed by atoms with Crippen LogP contribution in [0.2, 0.25) is 0 Å². The number of carbonyl (C=O) groups excluding carboxylic acids is 1. The van der Waals surface area contributed by atoms with E-state index in [-0.39, 0.29) is 12.3 Å². The molecule has 0 aromatic heterocycles. The summed E-state index contributed by atoms with van der Waals surface area (Å²) in [7, 11) is 0. The van der Waals surface area contributed by atoms with Gasteiger partial charge in [-0.25, -0.2) is 0 Å². The van der Waals surface area contributed by atoms with Gasteiger partial charge in [0, 0.05) is 19.5 Å². The molecule has 1 aromatic rings. The molecule has 1 unspecified atom stereocenters. The molecule has 1 aliphatic heterocycles. The molecular formula is C16H21NO5. The topological polar surface area (TPSA) is 76.1 Å². The zero-order valence-corrected chi connectivity index (χ0v) is 12.9. The zero-order chi connectivity index (χ0) is 16.1. The van der Waals surface area contributed by atoms with Crippen molar-refractivity contribution in [3.8, 4) is 11.5 Å². The summed E-state index contributed by atoms with van der Waals surface area (Å²) in [6, 6.07) is 5.03. The van der Waals surface area contributed by atoms with Gasteiger partial charge in [0.2, 0.25) is 5.91 Å². The van der Waals surface area contributed by atoms with Gasteiger partial charge in [0.05, 0.1) is 5.92 Å². The number of benzene rings is 1. The number of carboxylic acid groups (broad SMARTS) is 1. The van der Waals surface area contributed by atoms with Crippen molar-refractivity contribution in [3.63, 3.8) is 0 Å². The predicted molar refractivity (Wildman–Crippen MR) is 80.4 cm³/mol. The first-order valence-corrected chi connectivity index (χ1v) is 7.46. The Morgan fingerprint density at radius 3 is 2.41 bits per heavy atom. The van der Waals surface area contributed by atoms with Gasteiger partial charge in [0.25, 0.3) is 0 Å². The lowest BCUT2D eigenvalue weighted by Gasteiger charge is -2.23. The van der Waals surface area contributed by atoms with E-state index in [1.165, 1.54) is 0 Å². The van der Waals surface area contributed by atoms with Crippen molar-refractivity contribution in [2.75, 3.05) is 26.3 Å². The molecule has 2 rings (SSSR count). The van der Waals surface area contributed by atoms with E-state index in [0.29, 0.717) is 43.4 Å². The highest BCUT2D eigenvalue weighted by Crippen LogP contribution is 2.34. The van der Waals surface area contributed by atoms with Crippen molar-refractivity contribution in [1.82, 2.24) is 4.90 Å². The maximum atomic E-state index is 12.2. The molecule has 0 spiro atoms. The first kappa shape index (κ1) is 16.1. The van der Waals surface area contributed by atoms with Gasteiger partial charge in [0.15, 0.2) is 11.5 Å². The highest BCUT2D eigenvalue weighted by molar-refractivity contribution is 5.86. The molecule has 1 atom stereocenters. The van der Waals surface area contributed by atoms with Crippen molar-refractivity contribution in [3.05, 3.63) is 23.8 Å². The third-order valence-corrected chi connectivity index (χ3v) is 3.76. The molecule has 0 radical (unpaired) electrons. The van der Waals surface area contributed by atoms with Crippen LogP contribution in [0.15, 0.2) is 18.2 Å². The number of aliphatic carboxylic acids is 1. The minimum absolute atomic E-state index is 0.0589. The molecule has 6 heteroatoms. The van der Waals surface area contributed by atoms with E-state index in [2.05, 4.69) is 0 Å².